The maximum absolute atomic E-state index is 13.1. The van der Waals surface area contributed by atoms with E-state index in [-0.39, 0.29) is 17.6 Å². The van der Waals surface area contributed by atoms with Gasteiger partial charge in [-0.2, -0.15) is 10.1 Å². The number of carbonyl (C=O) groups excluding carboxylic acids is 1. The average molecular weight is 398 g/mol. The Hall–Kier alpha value is -3.07. The zero-order valence-corrected chi connectivity index (χ0v) is 16.4. The van der Waals surface area contributed by atoms with Crippen LogP contribution in [0.15, 0.2) is 34.9 Å². The van der Waals surface area contributed by atoms with Crippen molar-refractivity contribution in [1.29, 1.82) is 0 Å². The van der Waals surface area contributed by atoms with Crippen LogP contribution < -0.4 is 5.32 Å². The molecule has 4 rings (SSSR count). The molecule has 3 aromatic rings. The van der Waals surface area contributed by atoms with Crippen LogP contribution in [0.4, 0.5) is 10.2 Å². The highest BCUT2D eigenvalue weighted by Crippen LogP contribution is 2.27. The fourth-order valence-corrected chi connectivity index (χ4v) is 3.63. The molecule has 1 saturated heterocycles. The minimum Gasteiger partial charge on any atom is -0.339 e. The van der Waals surface area contributed by atoms with E-state index in [1.165, 1.54) is 12.1 Å². The molecule has 1 aliphatic rings. The van der Waals surface area contributed by atoms with Crippen molar-refractivity contribution in [1.82, 2.24) is 24.8 Å². The van der Waals surface area contributed by atoms with E-state index in [9.17, 15) is 9.18 Å². The van der Waals surface area contributed by atoms with Gasteiger partial charge in [-0.05, 0) is 50.6 Å². The van der Waals surface area contributed by atoms with Crippen LogP contribution in [-0.4, -0.2) is 50.4 Å². The Morgan fingerprint density at radius 1 is 1.34 bits per heavy atom. The third-order valence-corrected chi connectivity index (χ3v) is 5.04. The molecule has 1 atom stereocenters. The quantitative estimate of drug-likeness (QED) is 0.711. The number of piperidine rings is 1. The van der Waals surface area contributed by atoms with Gasteiger partial charge in [0.25, 0.3) is 0 Å². The first-order valence-corrected chi connectivity index (χ1v) is 9.60. The van der Waals surface area contributed by atoms with Gasteiger partial charge < -0.3 is 9.84 Å². The number of anilines is 1. The van der Waals surface area contributed by atoms with E-state index >= 15 is 0 Å². The fraction of sp³-hybridized carbons (Fsp3) is 0.400. The smallest absolute Gasteiger partial charge is 0.239 e. The first kappa shape index (κ1) is 19.3. The summed E-state index contributed by atoms with van der Waals surface area (Å²) in [5.41, 5.74) is 1.56. The number of hydrogen-bond donors (Lipinski definition) is 1. The number of rotatable bonds is 5. The first-order chi connectivity index (χ1) is 14.0. The lowest BCUT2D eigenvalue weighted by Gasteiger charge is -2.30. The van der Waals surface area contributed by atoms with E-state index in [0.717, 1.165) is 25.1 Å². The van der Waals surface area contributed by atoms with Crippen LogP contribution >= 0.6 is 0 Å². The summed E-state index contributed by atoms with van der Waals surface area (Å²) >= 11 is 0. The van der Waals surface area contributed by atoms with E-state index in [1.54, 1.807) is 23.9 Å². The largest absolute Gasteiger partial charge is 0.339 e. The van der Waals surface area contributed by atoms with Crippen LogP contribution in [0.3, 0.4) is 0 Å². The monoisotopic (exact) mass is 398 g/mol. The normalized spacial score (nSPS) is 17.4. The molecule has 0 bridgehead atoms. The maximum Gasteiger partial charge on any atom is 0.239 e. The molecule has 1 N–H and O–H groups in total. The molecule has 152 valence electrons. The molecular formula is C20H23FN6O2. The summed E-state index contributed by atoms with van der Waals surface area (Å²) in [5, 5.41) is 11.2. The molecule has 2 aromatic heterocycles. The van der Waals surface area contributed by atoms with E-state index in [2.05, 4.69) is 25.5 Å². The van der Waals surface area contributed by atoms with Crippen molar-refractivity contribution in [3.63, 3.8) is 0 Å². The molecule has 1 aliphatic heterocycles. The third-order valence-electron chi connectivity index (χ3n) is 5.04. The highest BCUT2D eigenvalue weighted by Gasteiger charge is 2.27. The van der Waals surface area contributed by atoms with Crippen molar-refractivity contribution in [3.8, 4) is 11.4 Å². The Bertz CT molecular complexity index is 997. The number of carbonyl (C=O) groups is 1. The van der Waals surface area contributed by atoms with Crippen LogP contribution in [0.1, 0.15) is 30.3 Å². The van der Waals surface area contributed by atoms with Crippen LogP contribution in [0.5, 0.6) is 0 Å². The second kappa shape index (κ2) is 8.12. The predicted molar refractivity (Wildman–Crippen MR) is 105 cm³/mol. The van der Waals surface area contributed by atoms with E-state index < -0.39 is 0 Å². The minimum absolute atomic E-state index is 0.0668. The molecule has 8 nitrogen and oxygen atoms in total. The molecule has 1 fully saturated rings. The van der Waals surface area contributed by atoms with E-state index in [4.69, 9.17) is 4.52 Å². The van der Waals surface area contributed by atoms with Crippen molar-refractivity contribution in [2.24, 2.45) is 7.05 Å². The number of hydrogen-bond acceptors (Lipinski definition) is 6. The van der Waals surface area contributed by atoms with E-state index in [1.807, 2.05) is 13.0 Å². The lowest BCUT2D eigenvalue weighted by atomic mass is 9.98. The molecule has 1 unspecified atom stereocenters. The molecule has 1 amide bonds. The third kappa shape index (κ3) is 4.51. The Balaban J connectivity index is 1.37. The van der Waals surface area contributed by atoms with Crippen LogP contribution in [0.2, 0.25) is 0 Å². The summed E-state index contributed by atoms with van der Waals surface area (Å²) in [6, 6.07) is 7.84. The molecule has 0 spiro atoms. The highest BCUT2D eigenvalue weighted by atomic mass is 19.1. The molecule has 29 heavy (non-hydrogen) atoms. The fourth-order valence-electron chi connectivity index (χ4n) is 3.63. The van der Waals surface area contributed by atoms with Gasteiger partial charge in [0.05, 0.1) is 18.2 Å². The molecule has 0 radical (unpaired) electrons. The zero-order chi connectivity index (χ0) is 20.4. The number of aryl methyl sites for hydroxylation is 2. The number of nitrogens with one attached hydrogen (secondary N) is 1. The number of nitrogens with zero attached hydrogens (tertiary/aromatic N) is 5. The zero-order valence-electron chi connectivity index (χ0n) is 16.4. The van der Waals surface area contributed by atoms with Gasteiger partial charge in [-0.25, -0.2) is 4.39 Å². The SMILES string of the molecule is Cc1cc(NC(=O)CN2CCCC(c3nc(-c4ccc(F)cc4)no3)C2)n(C)n1. The van der Waals surface area contributed by atoms with Gasteiger partial charge in [0.2, 0.25) is 17.6 Å². The Labute approximate surface area is 167 Å². The highest BCUT2D eigenvalue weighted by molar-refractivity contribution is 5.91. The first-order valence-electron chi connectivity index (χ1n) is 9.60. The predicted octanol–water partition coefficient (Wildman–Crippen LogP) is 2.74. The van der Waals surface area contributed by atoms with E-state index in [0.29, 0.717) is 36.2 Å². The summed E-state index contributed by atoms with van der Waals surface area (Å²) in [5.74, 6) is 1.36. The Morgan fingerprint density at radius 3 is 2.86 bits per heavy atom. The van der Waals surface area contributed by atoms with Gasteiger partial charge in [-0.1, -0.05) is 5.16 Å². The van der Waals surface area contributed by atoms with Gasteiger partial charge in [0.1, 0.15) is 11.6 Å². The summed E-state index contributed by atoms with van der Waals surface area (Å²) in [7, 11) is 1.80. The Kier molecular flexibility index (Phi) is 5.39. The summed E-state index contributed by atoms with van der Waals surface area (Å²) in [4.78, 5) is 19.0. The minimum atomic E-state index is -0.306. The molecular weight excluding hydrogens is 375 g/mol. The summed E-state index contributed by atoms with van der Waals surface area (Å²) in [6.45, 7) is 3.69. The summed E-state index contributed by atoms with van der Waals surface area (Å²) < 4.78 is 20.2. The molecule has 0 saturated carbocycles. The van der Waals surface area contributed by atoms with Crippen molar-refractivity contribution < 1.29 is 13.7 Å². The topological polar surface area (TPSA) is 89.1 Å². The number of halogens is 1. The number of amides is 1. The van der Waals surface area contributed by atoms with Crippen molar-refractivity contribution in [2.75, 3.05) is 25.0 Å². The van der Waals surface area contributed by atoms with Crippen molar-refractivity contribution in [3.05, 3.63) is 47.7 Å². The van der Waals surface area contributed by atoms with Gasteiger partial charge in [-0.15, -0.1) is 0 Å². The lowest BCUT2D eigenvalue weighted by molar-refractivity contribution is -0.117. The van der Waals surface area contributed by atoms with Crippen LogP contribution in [0.25, 0.3) is 11.4 Å². The maximum atomic E-state index is 13.1. The second-order valence-corrected chi connectivity index (χ2v) is 7.38. The van der Waals surface area contributed by atoms with Gasteiger partial charge in [0, 0.05) is 25.2 Å². The Morgan fingerprint density at radius 2 is 2.14 bits per heavy atom. The average Bonchev–Trinajstić information content (AvgIpc) is 3.29. The molecule has 0 aliphatic carbocycles. The number of aromatic nitrogens is 4. The van der Waals surface area contributed by atoms with Gasteiger partial charge in [0.15, 0.2) is 0 Å². The molecule has 3 heterocycles. The number of likely N-dealkylation sites (tertiary alicyclic amines) is 1. The van der Waals surface area contributed by atoms with Crippen LogP contribution in [0, 0.1) is 12.7 Å². The van der Waals surface area contributed by atoms with Gasteiger partial charge >= 0.3 is 0 Å². The molecule has 1 aromatic carbocycles. The summed E-state index contributed by atoms with van der Waals surface area (Å²) in [6.07, 6.45) is 1.86. The molecule has 9 heteroatoms. The number of benzene rings is 1. The second-order valence-electron chi connectivity index (χ2n) is 7.38. The van der Waals surface area contributed by atoms with Gasteiger partial charge in [-0.3, -0.25) is 14.4 Å². The van der Waals surface area contributed by atoms with Crippen molar-refractivity contribution in [2.45, 2.75) is 25.7 Å². The van der Waals surface area contributed by atoms with Crippen LogP contribution in [-0.2, 0) is 11.8 Å². The standard InChI is InChI=1S/C20H23FN6O2/c1-13-10-17(26(2)24-13)22-18(28)12-27-9-3-4-15(11-27)20-23-19(25-29-20)14-5-7-16(21)8-6-14/h5-8,10,15H,3-4,9,11-12H2,1-2H3,(H,22,28). The lowest BCUT2D eigenvalue weighted by Crippen LogP contribution is -2.40. The van der Waals surface area contributed by atoms with Crippen molar-refractivity contribution >= 4 is 11.7 Å².